The number of amides is 2. The van der Waals surface area contributed by atoms with Crippen LogP contribution in [0.25, 0.3) is 11.0 Å². The molecule has 1 aliphatic carbocycles. The maximum absolute atomic E-state index is 13.0. The number of H-pyrrole nitrogens is 1. The van der Waals surface area contributed by atoms with Crippen molar-refractivity contribution in [1.29, 1.82) is 0 Å². The summed E-state index contributed by atoms with van der Waals surface area (Å²) in [5.41, 5.74) is 4.45. The predicted octanol–water partition coefficient (Wildman–Crippen LogP) is 4.96. The van der Waals surface area contributed by atoms with Crippen LogP contribution >= 0.6 is 0 Å². The Balaban J connectivity index is 1.39. The first kappa shape index (κ1) is 22.6. The van der Waals surface area contributed by atoms with Crippen LogP contribution in [0, 0.1) is 20.8 Å². The minimum atomic E-state index is -0.128. The summed E-state index contributed by atoms with van der Waals surface area (Å²) in [5, 5.41) is 8.34. The molecule has 1 saturated carbocycles. The van der Waals surface area contributed by atoms with Crippen molar-refractivity contribution in [3.8, 4) is 0 Å². The van der Waals surface area contributed by atoms with E-state index in [2.05, 4.69) is 17.2 Å². The van der Waals surface area contributed by atoms with Gasteiger partial charge >= 0.3 is 6.03 Å². The number of anilines is 1. The van der Waals surface area contributed by atoms with Gasteiger partial charge in [0.05, 0.1) is 11.7 Å². The first-order chi connectivity index (χ1) is 16.4. The van der Waals surface area contributed by atoms with Crippen LogP contribution in [0.15, 0.2) is 23.0 Å². The van der Waals surface area contributed by atoms with Gasteiger partial charge in [0.15, 0.2) is 5.65 Å². The number of nitrogens with zero attached hydrogens (tertiary/aromatic N) is 4. The van der Waals surface area contributed by atoms with Gasteiger partial charge in [0.1, 0.15) is 11.2 Å². The highest BCUT2D eigenvalue weighted by Crippen LogP contribution is 2.31. The number of hydrogen-bond donors (Lipinski definition) is 2. The van der Waals surface area contributed by atoms with Gasteiger partial charge in [0.2, 0.25) is 0 Å². The van der Waals surface area contributed by atoms with Crippen molar-refractivity contribution >= 4 is 22.8 Å². The summed E-state index contributed by atoms with van der Waals surface area (Å²) < 4.78 is 2.00. The molecule has 0 radical (unpaired) electrons. The Morgan fingerprint density at radius 3 is 2.62 bits per heavy atom. The maximum Gasteiger partial charge on any atom is 0.321 e. The molecule has 0 spiro atoms. The number of carbonyl (C=O) groups excluding carboxylic acids is 1. The molecule has 8 nitrogen and oxygen atoms in total. The normalized spacial score (nSPS) is 19.5. The van der Waals surface area contributed by atoms with Crippen molar-refractivity contribution in [3.63, 3.8) is 0 Å². The highest BCUT2D eigenvalue weighted by atomic mass is 16.2. The first-order valence-corrected chi connectivity index (χ1v) is 12.5. The average molecular weight is 463 g/mol. The third kappa shape index (κ3) is 4.33. The molecule has 8 heteroatoms. The van der Waals surface area contributed by atoms with Gasteiger partial charge in [-0.05, 0) is 69.7 Å². The Bertz CT molecular complexity index is 1270. The molecule has 3 heterocycles. The lowest BCUT2D eigenvalue weighted by atomic mass is 9.95. The number of aromatic nitrogens is 4. The molecule has 1 saturated heterocycles. The lowest BCUT2D eigenvalue weighted by molar-refractivity contribution is 0.191. The first-order valence-electron chi connectivity index (χ1n) is 12.5. The van der Waals surface area contributed by atoms with Crippen LogP contribution in [-0.2, 0) is 0 Å². The second-order valence-corrected chi connectivity index (χ2v) is 9.99. The van der Waals surface area contributed by atoms with E-state index in [1.54, 1.807) is 0 Å². The third-order valence-corrected chi connectivity index (χ3v) is 7.53. The molecule has 1 atom stereocenters. The number of nitrogens with one attached hydrogen (secondary N) is 2. The van der Waals surface area contributed by atoms with Crippen LogP contribution in [-0.4, -0.2) is 43.8 Å². The Morgan fingerprint density at radius 2 is 1.85 bits per heavy atom. The summed E-state index contributed by atoms with van der Waals surface area (Å²) in [5.74, 6) is 0.657. The molecule has 3 aromatic rings. The number of piperidine rings is 1. The molecule has 2 amide bonds. The van der Waals surface area contributed by atoms with Crippen molar-refractivity contribution in [2.45, 2.75) is 77.7 Å². The van der Waals surface area contributed by atoms with Crippen LogP contribution in [0.3, 0.4) is 0 Å². The van der Waals surface area contributed by atoms with E-state index in [-0.39, 0.29) is 17.5 Å². The highest BCUT2D eigenvalue weighted by molar-refractivity contribution is 5.89. The fourth-order valence-electron chi connectivity index (χ4n) is 5.41. The minimum Gasteiger partial charge on any atom is -0.324 e. The molecule has 34 heavy (non-hydrogen) atoms. The molecule has 2 aromatic heterocycles. The highest BCUT2D eigenvalue weighted by Gasteiger charge is 2.29. The Hall–Kier alpha value is -3.16. The molecule has 180 valence electrons. The van der Waals surface area contributed by atoms with Crippen molar-refractivity contribution in [3.05, 3.63) is 51.2 Å². The molecule has 5 rings (SSSR count). The molecule has 2 fully saturated rings. The molecular weight excluding hydrogens is 428 g/mol. The number of likely N-dealkylation sites (tertiary alicyclic amines) is 1. The zero-order chi connectivity index (χ0) is 23.8. The zero-order valence-corrected chi connectivity index (χ0v) is 20.4. The number of benzene rings is 1. The fraction of sp³-hybridized carbons (Fsp3) is 0.538. The SMILES string of the molecule is Cc1ccc(NC(=O)N2CCCC(c3nc4c(c(C)nn4C4CCCCC4)c(=O)[nH]3)C2)cc1C. The molecule has 1 aliphatic heterocycles. The number of fused-ring (bicyclic) bond motifs is 1. The standard InChI is InChI=1S/C26H34N6O2/c1-16-11-12-20(14-17(16)2)27-26(34)31-13-7-8-19(15-31)23-28-24-22(25(33)29-23)18(3)30-32(24)21-9-5-4-6-10-21/h11-12,14,19,21H,4-10,13,15H2,1-3H3,(H,27,34)(H,28,29,33). The predicted molar refractivity (Wildman–Crippen MR) is 133 cm³/mol. The number of aromatic amines is 1. The zero-order valence-electron chi connectivity index (χ0n) is 20.4. The number of hydrogen-bond acceptors (Lipinski definition) is 4. The van der Waals surface area contributed by atoms with Crippen molar-refractivity contribution in [1.82, 2.24) is 24.6 Å². The van der Waals surface area contributed by atoms with Crippen molar-refractivity contribution in [2.75, 3.05) is 18.4 Å². The molecule has 1 unspecified atom stereocenters. The van der Waals surface area contributed by atoms with Gasteiger partial charge < -0.3 is 15.2 Å². The third-order valence-electron chi connectivity index (χ3n) is 7.53. The molecule has 0 bridgehead atoms. The number of aryl methyl sites for hydroxylation is 3. The minimum absolute atomic E-state index is 0.00799. The van der Waals surface area contributed by atoms with E-state index in [4.69, 9.17) is 10.1 Å². The van der Waals surface area contributed by atoms with Gasteiger partial charge in [0, 0.05) is 24.7 Å². The van der Waals surface area contributed by atoms with E-state index < -0.39 is 0 Å². The van der Waals surface area contributed by atoms with Crippen LogP contribution in [0.5, 0.6) is 0 Å². The summed E-state index contributed by atoms with van der Waals surface area (Å²) in [4.78, 5) is 35.8. The Morgan fingerprint density at radius 1 is 1.06 bits per heavy atom. The van der Waals surface area contributed by atoms with Crippen molar-refractivity contribution < 1.29 is 4.79 Å². The van der Waals surface area contributed by atoms with Gasteiger partial charge in [-0.1, -0.05) is 25.3 Å². The van der Waals surface area contributed by atoms with Gasteiger partial charge in [-0.15, -0.1) is 0 Å². The van der Waals surface area contributed by atoms with Gasteiger partial charge in [0.25, 0.3) is 5.56 Å². The van der Waals surface area contributed by atoms with Gasteiger partial charge in [-0.3, -0.25) is 4.79 Å². The van der Waals surface area contributed by atoms with E-state index in [1.165, 1.54) is 24.8 Å². The second kappa shape index (κ2) is 9.24. The van der Waals surface area contributed by atoms with E-state index in [9.17, 15) is 9.59 Å². The van der Waals surface area contributed by atoms with Crippen LogP contribution in [0.4, 0.5) is 10.5 Å². The smallest absolute Gasteiger partial charge is 0.321 e. The summed E-state index contributed by atoms with van der Waals surface area (Å²) in [6.45, 7) is 7.21. The summed E-state index contributed by atoms with van der Waals surface area (Å²) >= 11 is 0. The summed E-state index contributed by atoms with van der Waals surface area (Å²) in [7, 11) is 0. The van der Waals surface area contributed by atoms with Crippen LogP contribution < -0.4 is 10.9 Å². The molecule has 2 N–H and O–H groups in total. The maximum atomic E-state index is 13.0. The Kier molecular flexibility index (Phi) is 6.15. The topological polar surface area (TPSA) is 95.9 Å². The molecule has 2 aliphatic rings. The lowest BCUT2D eigenvalue weighted by Crippen LogP contribution is -2.42. The summed E-state index contributed by atoms with van der Waals surface area (Å²) in [6.07, 6.45) is 7.55. The quantitative estimate of drug-likeness (QED) is 0.575. The summed E-state index contributed by atoms with van der Waals surface area (Å²) in [6, 6.07) is 6.14. The van der Waals surface area contributed by atoms with E-state index in [1.807, 2.05) is 41.6 Å². The van der Waals surface area contributed by atoms with E-state index in [0.29, 0.717) is 36.0 Å². The van der Waals surface area contributed by atoms with E-state index in [0.717, 1.165) is 42.6 Å². The monoisotopic (exact) mass is 462 g/mol. The fourth-order valence-corrected chi connectivity index (χ4v) is 5.41. The number of urea groups is 1. The molecule has 1 aromatic carbocycles. The van der Waals surface area contributed by atoms with Crippen LogP contribution in [0.1, 0.15) is 79.6 Å². The number of rotatable bonds is 3. The second-order valence-electron chi connectivity index (χ2n) is 9.99. The van der Waals surface area contributed by atoms with Crippen molar-refractivity contribution in [2.24, 2.45) is 0 Å². The van der Waals surface area contributed by atoms with Gasteiger partial charge in [-0.25, -0.2) is 14.5 Å². The van der Waals surface area contributed by atoms with E-state index >= 15 is 0 Å². The molecular formula is C26H34N6O2. The van der Waals surface area contributed by atoms with Gasteiger partial charge in [-0.2, -0.15) is 5.10 Å². The Labute approximate surface area is 199 Å². The average Bonchev–Trinajstić information content (AvgIpc) is 3.19. The largest absolute Gasteiger partial charge is 0.324 e. The lowest BCUT2D eigenvalue weighted by Gasteiger charge is -2.32. The van der Waals surface area contributed by atoms with Crippen LogP contribution in [0.2, 0.25) is 0 Å². The number of carbonyl (C=O) groups is 1.